The first-order chi connectivity index (χ1) is 18.9. The van der Waals surface area contributed by atoms with Crippen molar-refractivity contribution in [1.29, 1.82) is 0 Å². The van der Waals surface area contributed by atoms with E-state index in [4.69, 9.17) is 4.98 Å². The molecule has 39 heavy (non-hydrogen) atoms. The molecule has 10 nitrogen and oxygen atoms in total. The van der Waals surface area contributed by atoms with Crippen molar-refractivity contribution >= 4 is 44.7 Å². The number of thiophene rings is 1. The first kappa shape index (κ1) is 24.8. The number of halogens is 1. The van der Waals surface area contributed by atoms with Gasteiger partial charge < -0.3 is 15.4 Å². The lowest BCUT2D eigenvalue weighted by Gasteiger charge is -2.13. The maximum absolute atomic E-state index is 16.0. The number of aliphatic hydroxyl groups excluding tert-OH is 1. The number of ketones is 1. The summed E-state index contributed by atoms with van der Waals surface area (Å²) >= 11 is 1.37. The molecule has 0 aliphatic heterocycles. The molecule has 0 saturated carbocycles. The van der Waals surface area contributed by atoms with Crippen molar-refractivity contribution in [3.05, 3.63) is 59.9 Å². The van der Waals surface area contributed by atoms with Crippen LogP contribution in [0.4, 0.5) is 10.1 Å². The Bertz CT molecular complexity index is 1840. The number of fused-ring (bicyclic) bond motifs is 2. The fraction of sp³-hybridized carbons (Fsp3) is 0.185. The van der Waals surface area contributed by atoms with Gasteiger partial charge >= 0.3 is 0 Å². The molecule has 0 fully saturated rings. The third-order valence-corrected chi connectivity index (χ3v) is 7.51. The summed E-state index contributed by atoms with van der Waals surface area (Å²) in [4.78, 5) is 34.1. The molecule has 1 atom stereocenters. The standard InChI is InChI=1S/C27H23FN8O2S/c1-3-4-21(38)32-15-7-14(8-29-9-15)24-23(28)22-17(12-31-24)35-36-26(22)27-33-18-11-30-10-16(25(18)34-27)20-6-5-19(39-20)13(2)37/h5-12,21,32,38H,3-4H2,1-2H3,(H,33,34)(H,35,36). The molecule has 0 saturated heterocycles. The number of rotatable bonds is 8. The van der Waals surface area contributed by atoms with E-state index in [1.807, 2.05) is 13.0 Å². The average molecular weight is 543 g/mol. The van der Waals surface area contributed by atoms with E-state index in [0.29, 0.717) is 50.6 Å². The molecular weight excluding hydrogens is 519 g/mol. The number of hydrogen-bond acceptors (Lipinski definition) is 9. The molecule has 6 aromatic heterocycles. The van der Waals surface area contributed by atoms with Gasteiger partial charge in [-0.25, -0.2) is 9.37 Å². The quantitative estimate of drug-likeness (QED) is 0.144. The van der Waals surface area contributed by atoms with Crippen molar-refractivity contribution < 1.29 is 14.3 Å². The van der Waals surface area contributed by atoms with E-state index in [-0.39, 0.29) is 16.9 Å². The Hall–Kier alpha value is -4.55. The predicted octanol–water partition coefficient (Wildman–Crippen LogP) is 5.56. The minimum Gasteiger partial charge on any atom is -0.374 e. The first-order valence-electron chi connectivity index (χ1n) is 12.3. The van der Waals surface area contributed by atoms with Gasteiger partial charge in [0.25, 0.3) is 0 Å². The van der Waals surface area contributed by atoms with Gasteiger partial charge in [0.15, 0.2) is 17.4 Å². The molecule has 0 spiro atoms. The zero-order valence-corrected chi connectivity index (χ0v) is 21.8. The number of carbonyl (C=O) groups excluding carboxylic acids is 1. The van der Waals surface area contributed by atoms with Crippen molar-refractivity contribution in [2.45, 2.75) is 32.9 Å². The van der Waals surface area contributed by atoms with E-state index in [2.05, 4.69) is 35.5 Å². The van der Waals surface area contributed by atoms with Crippen LogP contribution in [0.25, 0.3) is 55.2 Å². The van der Waals surface area contributed by atoms with Crippen molar-refractivity contribution in [3.8, 4) is 33.2 Å². The molecule has 0 bridgehead atoms. The summed E-state index contributed by atoms with van der Waals surface area (Å²) in [7, 11) is 0. The largest absolute Gasteiger partial charge is 0.374 e. The van der Waals surface area contributed by atoms with Gasteiger partial charge in [-0.1, -0.05) is 13.3 Å². The van der Waals surface area contributed by atoms with Gasteiger partial charge in [-0.3, -0.25) is 24.8 Å². The highest BCUT2D eigenvalue weighted by Gasteiger charge is 2.22. The minimum absolute atomic E-state index is 0.00867. The second-order valence-electron chi connectivity index (χ2n) is 9.08. The van der Waals surface area contributed by atoms with Gasteiger partial charge in [0, 0.05) is 28.4 Å². The summed E-state index contributed by atoms with van der Waals surface area (Å²) in [5, 5.41) is 20.5. The fourth-order valence-corrected chi connectivity index (χ4v) is 5.34. The summed E-state index contributed by atoms with van der Waals surface area (Å²) in [5.74, 6) is -0.223. The number of aliphatic hydroxyl groups is 1. The van der Waals surface area contributed by atoms with Crippen LogP contribution >= 0.6 is 11.3 Å². The van der Waals surface area contributed by atoms with E-state index in [9.17, 15) is 9.90 Å². The normalized spacial score (nSPS) is 12.3. The minimum atomic E-state index is -0.733. The number of pyridine rings is 3. The average Bonchev–Trinajstić information content (AvgIpc) is 3.67. The van der Waals surface area contributed by atoms with Crippen LogP contribution in [0, 0.1) is 5.82 Å². The Kier molecular flexibility index (Phi) is 6.33. The molecule has 0 amide bonds. The number of nitrogens with one attached hydrogen (secondary N) is 3. The molecule has 0 aliphatic carbocycles. The number of H-pyrrole nitrogens is 2. The zero-order chi connectivity index (χ0) is 27.1. The van der Waals surface area contributed by atoms with E-state index >= 15 is 4.39 Å². The number of imidazole rings is 1. The summed E-state index contributed by atoms with van der Waals surface area (Å²) in [6.45, 7) is 3.50. The second-order valence-corrected chi connectivity index (χ2v) is 10.2. The lowest BCUT2D eigenvalue weighted by Crippen LogP contribution is -2.18. The third kappa shape index (κ3) is 4.53. The molecule has 196 valence electrons. The van der Waals surface area contributed by atoms with Gasteiger partial charge in [0.2, 0.25) is 0 Å². The zero-order valence-electron chi connectivity index (χ0n) is 21.0. The van der Waals surface area contributed by atoms with Crippen molar-refractivity contribution in [2.24, 2.45) is 0 Å². The van der Waals surface area contributed by atoms with Crippen molar-refractivity contribution in [2.75, 3.05) is 5.32 Å². The first-order valence-corrected chi connectivity index (χ1v) is 13.1. The summed E-state index contributed by atoms with van der Waals surface area (Å²) in [6.07, 6.45) is 8.58. The van der Waals surface area contributed by atoms with Gasteiger partial charge in [-0.05, 0) is 31.5 Å². The summed E-state index contributed by atoms with van der Waals surface area (Å²) in [5.41, 5.74) is 3.86. The third-order valence-electron chi connectivity index (χ3n) is 6.29. The summed E-state index contributed by atoms with van der Waals surface area (Å²) in [6, 6.07) is 5.34. The van der Waals surface area contributed by atoms with Crippen LogP contribution in [-0.2, 0) is 0 Å². The van der Waals surface area contributed by atoms with Crippen LogP contribution in [0.1, 0.15) is 36.4 Å². The molecule has 6 heterocycles. The Morgan fingerprint density at radius 2 is 1.97 bits per heavy atom. The Balaban J connectivity index is 1.42. The number of aromatic amines is 2. The number of Topliss-reactive ketones (excluding diaryl/α,β-unsaturated/α-hetero) is 1. The van der Waals surface area contributed by atoms with Gasteiger partial charge in [-0.15, -0.1) is 11.3 Å². The Morgan fingerprint density at radius 1 is 1.13 bits per heavy atom. The second kappa shape index (κ2) is 9.97. The highest BCUT2D eigenvalue weighted by Crippen LogP contribution is 2.36. The van der Waals surface area contributed by atoms with Crippen molar-refractivity contribution in [3.63, 3.8) is 0 Å². The molecule has 6 aromatic rings. The van der Waals surface area contributed by atoms with Crippen LogP contribution < -0.4 is 5.32 Å². The monoisotopic (exact) mass is 542 g/mol. The van der Waals surface area contributed by atoms with Gasteiger partial charge in [0.05, 0.1) is 45.6 Å². The maximum atomic E-state index is 16.0. The maximum Gasteiger partial charge on any atom is 0.169 e. The molecule has 0 aromatic carbocycles. The molecule has 6 rings (SSSR count). The number of anilines is 1. The molecule has 0 radical (unpaired) electrons. The lowest BCUT2D eigenvalue weighted by atomic mass is 10.1. The predicted molar refractivity (Wildman–Crippen MR) is 148 cm³/mol. The van der Waals surface area contributed by atoms with Crippen LogP contribution in [0.3, 0.4) is 0 Å². The van der Waals surface area contributed by atoms with Crippen LogP contribution in [0.5, 0.6) is 0 Å². The Morgan fingerprint density at radius 3 is 2.77 bits per heavy atom. The van der Waals surface area contributed by atoms with Crippen LogP contribution in [-0.4, -0.2) is 52.2 Å². The number of hydrogen-bond donors (Lipinski definition) is 4. The topological polar surface area (TPSA) is 145 Å². The SMILES string of the molecule is CCCC(O)Nc1cncc(-c2ncc3[nH]nc(-c4nc5c(-c6ccc(C(C)=O)s6)cncc5[nH]4)c3c2F)c1. The van der Waals surface area contributed by atoms with E-state index in [0.717, 1.165) is 16.9 Å². The van der Waals surface area contributed by atoms with Crippen molar-refractivity contribution in [1.82, 2.24) is 35.1 Å². The molecule has 0 aliphatic rings. The number of aromatic nitrogens is 7. The molecule has 12 heteroatoms. The molecule has 1 unspecified atom stereocenters. The van der Waals surface area contributed by atoms with Crippen LogP contribution in [0.15, 0.2) is 49.2 Å². The summed E-state index contributed by atoms with van der Waals surface area (Å²) < 4.78 is 16.0. The van der Waals surface area contributed by atoms with E-state index in [1.54, 1.807) is 30.7 Å². The Labute approximate surface area is 225 Å². The highest BCUT2D eigenvalue weighted by atomic mass is 32.1. The molecular formula is C27H23FN8O2S. The lowest BCUT2D eigenvalue weighted by molar-refractivity contribution is 0.102. The van der Waals surface area contributed by atoms with Gasteiger partial charge in [0.1, 0.15) is 23.1 Å². The van der Waals surface area contributed by atoms with E-state index < -0.39 is 12.0 Å². The van der Waals surface area contributed by atoms with E-state index in [1.165, 1.54) is 30.7 Å². The number of nitrogens with zero attached hydrogens (tertiary/aromatic N) is 5. The molecule has 4 N–H and O–H groups in total. The van der Waals surface area contributed by atoms with Crippen LogP contribution in [0.2, 0.25) is 0 Å². The smallest absolute Gasteiger partial charge is 0.169 e. The fourth-order valence-electron chi connectivity index (χ4n) is 4.43. The van der Waals surface area contributed by atoms with Gasteiger partial charge in [-0.2, -0.15) is 5.10 Å². The number of carbonyl (C=O) groups is 1. The highest BCUT2D eigenvalue weighted by molar-refractivity contribution is 7.17.